The fourth-order valence-electron chi connectivity index (χ4n) is 8.00. The molecule has 0 radical (unpaired) electrons. The summed E-state index contributed by atoms with van der Waals surface area (Å²) in [6.07, 6.45) is 0. The predicted octanol–water partition coefficient (Wildman–Crippen LogP) is 13.4. The van der Waals surface area contributed by atoms with Crippen LogP contribution in [0.4, 0.5) is 0 Å². The van der Waals surface area contributed by atoms with Crippen LogP contribution in [0.2, 0.25) is 0 Å². The molecule has 0 aliphatic carbocycles. The third-order valence-electron chi connectivity index (χ3n) is 10.2. The molecule has 0 N–H and O–H groups in total. The van der Waals surface area contributed by atoms with Crippen molar-refractivity contribution in [2.24, 2.45) is 0 Å². The van der Waals surface area contributed by atoms with E-state index in [1.165, 1.54) is 105 Å². The molecule has 0 saturated carbocycles. The van der Waals surface area contributed by atoms with Gasteiger partial charge in [0, 0.05) is 0 Å². The van der Waals surface area contributed by atoms with E-state index in [-0.39, 0.29) is 14.5 Å². The molecule has 0 bridgehead atoms. The van der Waals surface area contributed by atoms with E-state index in [9.17, 15) is 0 Å². The van der Waals surface area contributed by atoms with E-state index in [1.54, 1.807) is 0 Å². The predicted molar refractivity (Wildman–Crippen MR) is 212 cm³/mol. The average molecular weight is 690 g/mol. The van der Waals surface area contributed by atoms with Crippen LogP contribution in [-0.2, 0) is 0 Å². The molecule has 0 nitrogen and oxygen atoms in total. The summed E-state index contributed by atoms with van der Waals surface area (Å²) in [5.74, 6) is 0. The Morgan fingerprint density at radius 1 is 0.354 bits per heavy atom. The fourth-order valence-corrected chi connectivity index (χ4v) is 11.7. The normalized spacial score (nSPS) is 12.2. The number of hydrogen-bond acceptors (Lipinski definition) is 1. The molecule has 0 spiro atoms. The van der Waals surface area contributed by atoms with E-state index in [0.29, 0.717) is 0 Å². The van der Waals surface area contributed by atoms with Gasteiger partial charge in [0.15, 0.2) is 0 Å². The van der Waals surface area contributed by atoms with E-state index < -0.39 is 0 Å². The molecular weight excluding hydrogens is 664 g/mol. The molecule has 222 valence electrons. The van der Waals surface area contributed by atoms with Crippen molar-refractivity contribution in [3.8, 4) is 22.3 Å². The molecule has 0 aliphatic rings. The van der Waals surface area contributed by atoms with Crippen molar-refractivity contribution in [2.45, 2.75) is 0 Å². The number of rotatable bonds is 2. The SMILES string of the molecule is c1ccc2c(-c3ccc4sc5ccc(-c6ccc7c(c6)c6ccccc6c6ccc8c9ccccc9[se]c8c67)cc5c4c3)cccc2c1. The quantitative estimate of drug-likeness (QED) is 0.125. The number of benzene rings is 9. The second-order valence-corrected chi connectivity index (χ2v) is 16.1. The average Bonchev–Trinajstić information content (AvgIpc) is 3.72. The molecule has 0 unspecified atom stereocenters. The Morgan fingerprint density at radius 3 is 1.75 bits per heavy atom. The van der Waals surface area contributed by atoms with Crippen LogP contribution in [0.3, 0.4) is 0 Å². The zero-order chi connectivity index (χ0) is 31.3. The summed E-state index contributed by atoms with van der Waals surface area (Å²) in [6.45, 7) is 0. The molecule has 0 saturated heterocycles. The van der Waals surface area contributed by atoms with Gasteiger partial charge in [0.05, 0.1) is 0 Å². The summed E-state index contributed by atoms with van der Waals surface area (Å²) >= 11 is 2.17. The molecule has 0 fully saturated rings. The van der Waals surface area contributed by atoms with Gasteiger partial charge in [0.1, 0.15) is 0 Å². The van der Waals surface area contributed by atoms with Crippen molar-refractivity contribution in [2.75, 3.05) is 0 Å². The largest absolute Gasteiger partial charge is 0.0610 e. The van der Waals surface area contributed by atoms with Gasteiger partial charge in [0.2, 0.25) is 0 Å². The van der Waals surface area contributed by atoms with Gasteiger partial charge in [-0.3, -0.25) is 0 Å². The van der Waals surface area contributed by atoms with E-state index in [4.69, 9.17) is 0 Å². The van der Waals surface area contributed by atoms with Crippen molar-refractivity contribution in [3.05, 3.63) is 158 Å². The molecule has 0 atom stereocenters. The van der Waals surface area contributed by atoms with Crippen molar-refractivity contribution < 1.29 is 0 Å². The third-order valence-corrected chi connectivity index (χ3v) is 13.9. The van der Waals surface area contributed by atoms with Crippen LogP contribution in [0.1, 0.15) is 0 Å². The number of fused-ring (bicyclic) bond motifs is 14. The first kappa shape index (κ1) is 26.8. The standard InChI is InChI=1S/C46H26SSe/c1-2-10-31-27(8-1)9-7-14-32(31)30-18-23-43-41(26-30)40-25-29(17-22-42(40)47-43)28-16-19-37-39(24-28)34-12-4-3-11-33(34)36-20-21-38-35-13-5-6-15-44(35)48-46(38)45(36)37/h1-26H. The molecular formula is C46H26SSe. The first-order valence-electron chi connectivity index (χ1n) is 16.4. The zero-order valence-corrected chi connectivity index (χ0v) is 28.4. The minimum Gasteiger partial charge on any atom is -0.0610 e. The van der Waals surface area contributed by atoms with Gasteiger partial charge in [-0.1, -0.05) is 48.5 Å². The minimum atomic E-state index is 0.287. The molecule has 11 rings (SSSR count). The van der Waals surface area contributed by atoms with Crippen molar-refractivity contribution in [1.29, 1.82) is 0 Å². The monoisotopic (exact) mass is 690 g/mol. The zero-order valence-electron chi connectivity index (χ0n) is 25.8. The van der Waals surface area contributed by atoms with Gasteiger partial charge in [-0.2, -0.15) is 0 Å². The molecule has 0 amide bonds. The van der Waals surface area contributed by atoms with Gasteiger partial charge >= 0.3 is 224 Å². The second kappa shape index (κ2) is 10.1. The van der Waals surface area contributed by atoms with Gasteiger partial charge < -0.3 is 0 Å². The van der Waals surface area contributed by atoms with E-state index in [1.807, 2.05) is 11.3 Å². The van der Waals surface area contributed by atoms with Gasteiger partial charge in [-0.15, -0.1) is 0 Å². The van der Waals surface area contributed by atoms with E-state index >= 15 is 0 Å². The molecule has 0 aliphatic heterocycles. The van der Waals surface area contributed by atoms with Crippen LogP contribution in [-0.4, -0.2) is 14.5 Å². The molecule has 48 heavy (non-hydrogen) atoms. The van der Waals surface area contributed by atoms with Crippen LogP contribution in [0.15, 0.2) is 158 Å². The Bertz CT molecular complexity index is 3120. The maximum atomic E-state index is 2.45. The number of hydrogen-bond donors (Lipinski definition) is 0. The summed E-state index contributed by atoms with van der Waals surface area (Å²) in [5, 5.41) is 16.2. The van der Waals surface area contributed by atoms with E-state index in [2.05, 4.69) is 158 Å². The van der Waals surface area contributed by atoms with Crippen LogP contribution in [0, 0.1) is 0 Å². The van der Waals surface area contributed by atoms with Crippen LogP contribution in [0.25, 0.3) is 105 Å². The Kier molecular flexibility index (Phi) is 5.65. The fraction of sp³-hybridized carbons (Fsp3) is 0. The van der Waals surface area contributed by atoms with Crippen LogP contribution < -0.4 is 0 Å². The Balaban J connectivity index is 1.14. The topological polar surface area (TPSA) is 0 Å². The van der Waals surface area contributed by atoms with E-state index in [0.717, 1.165) is 0 Å². The summed E-state index contributed by atoms with van der Waals surface area (Å²) in [6, 6.07) is 59.3. The molecule has 11 aromatic rings. The maximum Gasteiger partial charge on any atom is -0.0178 e. The first-order valence-corrected chi connectivity index (χ1v) is 18.9. The van der Waals surface area contributed by atoms with Gasteiger partial charge in [-0.05, 0) is 16.3 Å². The summed E-state index contributed by atoms with van der Waals surface area (Å²) < 4.78 is 5.68. The third kappa shape index (κ3) is 3.83. The molecule has 9 aromatic carbocycles. The molecule has 2 heterocycles. The minimum absolute atomic E-state index is 0.287. The van der Waals surface area contributed by atoms with Crippen molar-refractivity contribution in [1.82, 2.24) is 0 Å². The van der Waals surface area contributed by atoms with Gasteiger partial charge in [-0.25, -0.2) is 0 Å². The Morgan fingerprint density at radius 2 is 0.917 bits per heavy atom. The van der Waals surface area contributed by atoms with Crippen LogP contribution >= 0.6 is 11.3 Å². The van der Waals surface area contributed by atoms with Crippen LogP contribution in [0.5, 0.6) is 0 Å². The first-order chi connectivity index (χ1) is 23.8. The number of thiophene rings is 1. The second-order valence-electron chi connectivity index (χ2n) is 12.8. The van der Waals surface area contributed by atoms with Crippen molar-refractivity contribution in [3.63, 3.8) is 0 Å². The summed E-state index contributed by atoms with van der Waals surface area (Å²) in [4.78, 5) is 0. The summed E-state index contributed by atoms with van der Waals surface area (Å²) in [5.41, 5.74) is 5.08. The smallest absolute Gasteiger partial charge is 0.0178 e. The van der Waals surface area contributed by atoms with Crippen molar-refractivity contribution >= 4 is 108 Å². The Hall–Kier alpha value is -5.24. The molecule has 2 heteroatoms. The maximum absolute atomic E-state index is 2.45. The van der Waals surface area contributed by atoms with Gasteiger partial charge in [0.25, 0.3) is 0 Å². The Labute approximate surface area is 286 Å². The summed E-state index contributed by atoms with van der Waals surface area (Å²) in [7, 11) is 0. The molecule has 2 aromatic heterocycles.